The summed E-state index contributed by atoms with van der Waals surface area (Å²) in [5, 5.41) is 16.4. The number of thioether (sulfide) groups is 1. The van der Waals surface area contributed by atoms with E-state index in [9.17, 15) is 0 Å². The molecule has 0 atom stereocenters. The highest BCUT2D eigenvalue weighted by atomic mass is 32.2. The van der Waals surface area contributed by atoms with Crippen molar-refractivity contribution in [3.8, 4) is 0 Å². The average Bonchev–Trinajstić information content (AvgIpc) is 2.84. The molecule has 1 saturated heterocycles. The summed E-state index contributed by atoms with van der Waals surface area (Å²) in [7, 11) is 0. The lowest BCUT2D eigenvalue weighted by Crippen LogP contribution is -2.38. The quantitative estimate of drug-likeness (QED) is 0.805. The Hall–Kier alpha value is -0.660. The van der Waals surface area contributed by atoms with Crippen LogP contribution in [0.3, 0.4) is 0 Å². The molecule has 2 heterocycles. The minimum absolute atomic E-state index is 0.128. The fraction of sp³-hybridized carbons (Fsp3) is 0.923. The molecular weight excluding hydrogens is 274 g/mol. The first-order valence-electron chi connectivity index (χ1n) is 7.26. The smallest absolute Gasteiger partial charge is 0.209 e. The van der Waals surface area contributed by atoms with Crippen molar-refractivity contribution in [3.05, 3.63) is 0 Å². The van der Waals surface area contributed by atoms with Gasteiger partial charge in [-0.2, -0.15) is 0 Å². The van der Waals surface area contributed by atoms with Crippen molar-refractivity contribution in [2.75, 3.05) is 25.5 Å². The third-order valence-electron chi connectivity index (χ3n) is 3.27. The van der Waals surface area contributed by atoms with Gasteiger partial charge in [0.05, 0.1) is 6.54 Å². The predicted octanol–water partition coefficient (Wildman–Crippen LogP) is 1.58. The zero-order valence-corrected chi connectivity index (χ0v) is 13.4. The van der Waals surface area contributed by atoms with E-state index in [0.717, 1.165) is 56.0 Å². The third kappa shape index (κ3) is 5.38. The molecule has 114 valence electrons. The molecule has 1 aromatic heterocycles. The molecule has 0 amide bonds. The van der Waals surface area contributed by atoms with E-state index in [1.807, 2.05) is 4.68 Å². The van der Waals surface area contributed by atoms with Crippen LogP contribution in [-0.2, 0) is 11.3 Å². The Balaban J connectivity index is 1.76. The van der Waals surface area contributed by atoms with E-state index in [0.29, 0.717) is 0 Å². The van der Waals surface area contributed by atoms with E-state index in [4.69, 9.17) is 4.74 Å². The van der Waals surface area contributed by atoms with Crippen LogP contribution >= 0.6 is 11.8 Å². The topological polar surface area (TPSA) is 64.9 Å². The van der Waals surface area contributed by atoms with Crippen LogP contribution in [0.5, 0.6) is 0 Å². The van der Waals surface area contributed by atoms with Gasteiger partial charge in [-0.3, -0.25) is 0 Å². The van der Waals surface area contributed by atoms with Crippen molar-refractivity contribution >= 4 is 11.8 Å². The monoisotopic (exact) mass is 299 g/mol. The Morgan fingerprint density at radius 1 is 1.35 bits per heavy atom. The van der Waals surface area contributed by atoms with E-state index < -0.39 is 0 Å². The molecule has 1 fully saturated rings. The molecule has 1 aliphatic heterocycles. The highest BCUT2D eigenvalue weighted by Gasteiger charge is 2.16. The molecule has 0 saturated carbocycles. The van der Waals surface area contributed by atoms with Gasteiger partial charge < -0.3 is 10.1 Å². The molecule has 1 N–H and O–H groups in total. The maximum Gasteiger partial charge on any atom is 0.209 e. The van der Waals surface area contributed by atoms with Crippen LogP contribution < -0.4 is 5.32 Å². The van der Waals surface area contributed by atoms with Crippen molar-refractivity contribution in [2.24, 2.45) is 5.92 Å². The first kappa shape index (κ1) is 15.7. The Labute approximate surface area is 125 Å². The fourth-order valence-electron chi connectivity index (χ4n) is 2.08. The molecule has 0 spiro atoms. The maximum atomic E-state index is 5.38. The van der Waals surface area contributed by atoms with Crippen molar-refractivity contribution < 1.29 is 4.74 Å². The minimum Gasteiger partial charge on any atom is -0.381 e. The third-order valence-corrected chi connectivity index (χ3v) is 4.46. The summed E-state index contributed by atoms with van der Waals surface area (Å²) in [6.45, 7) is 9.95. The van der Waals surface area contributed by atoms with Gasteiger partial charge in [0.25, 0.3) is 0 Å². The van der Waals surface area contributed by atoms with Crippen LogP contribution in [0.2, 0.25) is 0 Å². The lowest BCUT2D eigenvalue weighted by Gasteiger charge is -2.21. The van der Waals surface area contributed by atoms with Crippen LogP contribution in [0.25, 0.3) is 0 Å². The normalized spacial score (nSPS) is 17.6. The second-order valence-corrected chi connectivity index (χ2v) is 7.22. The Morgan fingerprint density at radius 2 is 2.10 bits per heavy atom. The van der Waals surface area contributed by atoms with Gasteiger partial charge in [-0.25, -0.2) is 4.68 Å². The number of tetrazole rings is 1. The first-order valence-corrected chi connectivity index (χ1v) is 8.25. The van der Waals surface area contributed by atoms with Crippen LogP contribution in [-0.4, -0.2) is 51.3 Å². The second kappa shape index (κ2) is 7.38. The molecule has 7 heteroatoms. The van der Waals surface area contributed by atoms with E-state index in [1.54, 1.807) is 11.8 Å². The number of aromatic nitrogens is 4. The second-order valence-electron chi connectivity index (χ2n) is 6.23. The minimum atomic E-state index is 0.128. The summed E-state index contributed by atoms with van der Waals surface area (Å²) in [5.74, 6) is 1.81. The average molecular weight is 299 g/mol. The van der Waals surface area contributed by atoms with Gasteiger partial charge in [0.2, 0.25) is 5.16 Å². The highest BCUT2D eigenvalue weighted by Crippen LogP contribution is 2.23. The molecule has 0 aliphatic carbocycles. The van der Waals surface area contributed by atoms with Crippen molar-refractivity contribution in [2.45, 2.75) is 50.9 Å². The zero-order valence-electron chi connectivity index (χ0n) is 12.6. The number of hydrogen-bond acceptors (Lipinski definition) is 6. The summed E-state index contributed by atoms with van der Waals surface area (Å²) >= 11 is 1.76. The van der Waals surface area contributed by atoms with Gasteiger partial charge in [0.1, 0.15) is 0 Å². The molecular formula is C13H25N5OS. The zero-order chi connectivity index (χ0) is 14.4. The van der Waals surface area contributed by atoms with Crippen LogP contribution in [0.1, 0.15) is 33.6 Å². The lowest BCUT2D eigenvalue weighted by molar-refractivity contribution is 0.0727. The van der Waals surface area contributed by atoms with E-state index in [2.05, 4.69) is 41.6 Å². The standard InChI is InChI=1S/C13H25N5OS/c1-13(2,3)14-6-7-18-12(15-16-17-18)20-10-11-4-8-19-9-5-11/h11,14H,4-10H2,1-3H3. The Bertz CT molecular complexity index is 398. The largest absolute Gasteiger partial charge is 0.381 e. The van der Waals surface area contributed by atoms with Crippen molar-refractivity contribution in [1.82, 2.24) is 25.5 Å². The van der Waals surface area contributed by atoms with Gasteiger partial charge in [-0.15, -0.1) is 5.10 Å². The predicted molar refractivity (Wildman–Crippen MR) is 79.8 cm³/mol. The molecule has 1 aliphatic rings. The highest BCUT2D eigenvalue weighted by molar-refractivity contribution is 7.99. The Morgan fingerprint density at radius 3 is 2.80 bits per heavy atom. The first-order chi connectivity index (χ1) is 9.54. The summed E-state index contributed by atoms with van der Waals surface area (Å²) in [6, 6.07) is 0. The number of ether oxygens (including phenoxy) is 1. The number of rotatable bonds is 6. The maximum absolute atomic E-state index is 5.38. The molecule has 0 unspecified atom stereocenters. The van der Waals surface area contributed by atoms with E-state index in [-0.39, 0.29) is 5.54 Å². The molecule has 0 aromatic carbocycles. The van der Waals surface area contributed by atoms with E-state index in [1.165, 1.54) is 0 Å². The SMILES string of the molecule is CC(C)(C)NCCn1nnnc1SCC1CCOCC1. The fourth-order valence-corrected chi connectivity index (χ4v) is 3.17. The van der Waals surface area contributed by atoms with Crippen molar-refractivity contribution in [1.29, 1.82) is 0 Å². The van der Waals surface area contributed by atoms with Crippen LogP contribution in [0, 0.1) is 5.92 Å². The molecule has 1 aromatic rings. The molecule has 20 heavy (non-hydrogen) atoms. The number of hydrogen-bond donors (Lipinski definition) is 1. The molecule has 6 nitrogen and oxygen atoms in total. The summed E-state index contributed by atoms with van der Waals surface area (Å²) < 4.78 is 7.27. The van der Waals surface area contributed by atoms with Crippen LogP contribution in [0.15, 0.2) is 5.16 Å². The van der Waals surface area contributed by atoms with Gasteiger partial charge >= 0.3 is 0 Å². The molecule has 2 rings (SSSR count). The summed E-state index contributed by atoms with van der Waals surface area (Å²) in [4.78, 5) is 0. The van der Waals surface area contributed by atoms with Crippen molar-refractivity contribution in [3.63, 3.8) is 0 Å². The summed E-state index contributed by atoms with van der Waals surface area (Å²) in [5.41, 5.74) is 0.128. The lowest BCUT2D eigenvalue weighted by atomic mass is 10.0. The van der Waals surface area contributed by atoms with E-state index >= 15 is 0 Å². The number of nitrogens with zero attached hydrogens (tertiary/aromatic N) is 4. The van der Waals surface area contributed by atoms with Gasteiger partial charge in [0.15, 0.2) is 0 Å². The van der Waals surface area contributed by atoms with Gasteiger partial charge in [0, 0.05) is 31.1 Å². The molecule has 0 bridgehead atoms. The molecule has 0 radical (unpaired) electrons. The van der Waals surface area contributed by atoms with Crippen LogP contribution in [0.4, 0.5) is 0 Å². The Kier molecular flexibility index (Phi) is 5.80. The van der Waals surface area contributed by atoms with Gasteiger partial charge in [-0.05, 0) is 50.0 Å². The number of nitrogens with one attached hydrogen (secondary N) is 1. The summed E-state index contributed by atoms with van der Waals surface area (Å²) in [6.07, 6.45) is 2.31. The van der Waals surface area contributed by atoms with Gasteiger partial charge in [-0.1, -0.05) is 11.8 Å².